The van der Waals surface area contributed by atoms with Crippen LogP contribution in [0.25, 0.3) is 0 Å². The van der Waals surface area contributed by atoms with Crippen LogP contribution in [0.2, 0.25) is 0 Å². The first-order valence-corrected chi connectivity index (χ1v) is 7.10. The van der Waals surface area contributed by atoms with E-state index in [-0.39, 0.29) is 23.5 Å². The molecule has 0 aliphatic heterocycles. The number of anilines is 3. The van der Waals surface area contributed by atoms with Crippen LogP contribution >= 0.6 is 15.9 Å². The maximum atomic E-state index is 13.8. The Morgan fingerprint density at radius 1 is 1.33 bits per heavy atom. The lowest BCUT2D eigenvalue weighted by Gasteiger charge is -2.13. The fourth-order valence-electron chi connectivity index (χ4n) is 1.80. The summed E-state index contributed by atoms with van der Waals surface area (Å²) in [6.07, 6.45) is 0. The number of carbonyl (C=O) groups is 1. The van der Waals surface area contributed by atoms with Gasteiger partial charge < -0.3 is 15.8 Å². The number of hydrogen-bond acceptors (Lipinski definition) is 4. The Bertz CT molecular complexity index is 677. The van der Waals surface area contributed by atoms with Gasteiger partial charge in [-0.3, -0.25) is 0 Å². The van der Waals surface area contributed by atoms with E-state index in [2.05, 4.69) is 21.2 Å². The van der Waals surface area contributed by atoms with Crippen LogP contribution in [-0.4, -0.2) is 12.6 Å². The van der Waals surface area contributed by atoms with Crippen molar-refractivity contribution in [1.29, 1.82) is 0 Å². The van der Waals surface area contributed by atoms with Crippen LogP contribution in [0.1, 0.15) is 17.3 Å². The summed E-state index contributed by atoms with van der Waals surface area (Å²) in [4.78, 5) is 11.8. The van der Waals surface area contributed by atoms with Crippen molar-refractivity contribution in [3.8, 4) is 0 Å². The summed E-state index contributed by atoms with van der Waals surface area (Å²) in [6, 6.07) is 9.40. The van der Waals surface area contributed by atoms with Gasteiger partial charge in [0.15, 0.2) is 0 Å². The minimum absolute atomic E-state index is 0.218. The summed E-state index contributed by atoms with van der Waals surface area (Å²) in [5, 5.41) is 2.88. The molecular formula is C15H14BrFN2O2. The first kappa shape index (κ1) is 15.3. The number of halogens is 2. The van der Waals surface area contributed by atoms with E-state index < -0.39 is 11.8 Å². The van der Waals surface area contributed by atoms with E-state index in [1.807, 2.05) is 0 Å². The number of esters is 1. The number of nitrogens with one attached hydrogen (secondary N) is 1. The molecule has 0 heterocycles. The Morgan fingerprint density at radius 3 is 2.81 bits per heavy atom. The number of rotatable bonds is 4. The molecule has 0 aliphatic rings. The van der Waals surface area contributed by atoms with Gasteiger partial charge in [-0.15, -0.1) is 0 Å². The molecule has 0 radical (unpaired) electrons. The highest BCUT2D eigenvalue weighted by atomic mass is 79.9. The zero-order chi connectivity index (χ0) is 15.4. The average Bonchev–Trinajstić information content (AvgIpc) is 2.45. The number of nitrogen functional groups attached to an aromatic ring is 1. The number of ether oxygens (including phenoxy) is 1. The van der Waals surface area contributed by atoms with Crippen molar-refractivity contribution in [2.45, 2.75) is 6.92 Å². The molecule has 110 valence electrons. The van der Waals surface area contributed by atoms with Gasteiger partial charge >= 0.3 is 5.97 Å². The molecule has 0 aliphatic carbocycles. The molecule has 2 aromatic carbocycles. The third kappa shape index (κ3) is 3.52. The topological polar surface area (TPSA) is 64.3 Å². The van der Waals surface area contributed by atoms with E-state index in [1.165, 1.54) is 6.07 Å². The van der Waals surface area contributed by atoms with Crippen molar-refractivity contribution in [3.05, 3.63) is 52.3 Å². The van der Waals surface area contributed by atoms with Gasteiger partial charge in [-0.25, -0.2) is 9.18 Å². The molecule has 0 amide bonds. The smallest absolute Gasteiger partial charge is 0.340 e. The second kappa shape index (κ2) is 6.58. The molecule has 0 saturated carbocycles. The molecular weight excluding hydrogens is 339 g/mol. The zero-order valence-electron chi connectivity index (χ0n) is 11.3. The average molecular weight is 353 g/mol. The highest BCUT2D eigenvalue weighted by Gasteiger charge is 2.14. The number of carbonyl (C=O) groups excluding carboxylic acids is 1. The van der Waals surface area contributed by atoms with E-state index in [1.54, 1.807) is 37.3 Å². The van der Waals surface area contributed by atoms with Crippen molar-refractivity contribution >= 4 is 39.0 Å². The first-order valence-electron chi connectivity index (χ1n) is 6.30. The standard InChI is InChI=1S/C15H14BrFN2O2/c1-2-21-15(20)10-4-3-5-12(14(10)18)19-13-8-9(16)6-7-11(13)17/h3-8,19H,2,18H2,1H3. The predicted molar refractivity (Wildman–Crippen MR) is 84.2 cm³/mol. The van der Waals surface area contributed by atoms with Crippen molar-refractivity contribution in [3.63, 3.8) is 0 Å². The first-order chi connectivity index (χ1) is 10.0. The normalized spacial score (nSPS) is 10.2. The van der Waals surface area contributed by atoms with Gasteiger partial charge in [0.2, 0.25) is 0 Å². The Morgan fingerprint density at radius 2 is 2.10 bits per heavy atom. The van der Waals surface area contributed by atoms with E-state index in [0.717, 1.165) is 4.47 Å². The number of nitrogens with two attached hydrogens (primary N) is 1. The second-order valence-corrected chi connectivity index (χ2v) is 5.15. The molecule has 2 aromatic rings. The van der Waals surface area contributed by atoms with Crippen LogP contribution < -0.4 is 11.1 Å². The lowest BCUT2D eigenvalue weighted by Crippen LogP contribution is -2.09. The number of benzene rings is 2. The molecule has 4 nitrogen and oxygen atoms in total. The summed E-state index contributed by atoms with van der Waals surface area (Å²) >= 11 is 3.27. The Labute approximate surface area is 130 Å². The maximum absolute atomic E-state index is 13.8. The molecule has 0 fully saturated rings. The Balaban J connectivity index is 2.35. The van der Waals surface area contributed by atoms with Gasteiger partial charge in [0.25, 0.3) is 0 Å². The Kier molecular flexibility index (Phi) is 4.80. The largest absolute Gasteiger partial charge is 0.462 e. The summed E-state index contributed by atoms with van der Waals surface area (Å²) in [5.41, 5.74) is 7.12. The fraction of sp³-hybridized carbons (Fsp3) is 0.133. The van der Waals surface area contributed by atoms with Crippen molar-refractivity contribution in [2.24, 2.45) is 0 Å². The number of para-hydroxylation sites is 1. The molecule has 21 heavy (non-hydrogen) atoms. The number of hydrogen-bond donors (Lipinski definition) is 2. The molecule has 0 saturated heterocycles. The van der Waals surface area contributed by atoms with Crippen LogP contribution in [0.15, 0.2) is 40.9 Å². The molecule has 0 atom stereocenters. The molecule has 6 heteroatoms. The highest BCUT2D eigenvalue weighted by Crippen LogP contribution is 2.29. The molecule has 0 bridgehead atoms. The predicted octanol–water partition coefficient (Wildman–Crippen LogP) is 4.09. The van der Waals surface area contributed by atoms with Crippen molar-refractivity contribution in [1.82, 2.24) is 0 Å². The third-order valence-corrected chi connectivity index (χ3v) is 3.29. The van der Waals surface area contributed by atoms with E-state index in [0.29, 0.717) is 5.69 Å². The van der Waals surface area contributed by atoms with Gasteiger partial charge in [-0.1, -0.05) is 22.0 Å². The SMILES string of the molecule is CCOC(=O)c1cccc(Nc2cc(Br)ccc2F)c1N. The summed E-state index contributed by atoms with van der Waals surface area (Å²) in [5.74, 6) is -0.924. The summed E-state index contributed by atoms with van der Waals surface area (Å²) in [6.45, 7) is 1.98. The highest BCUT2D eigenvalue weighted by molar-refractivity contribution is 9.10. The monoisotopic (exact) mass is 352 g/mol. The third-order valence-electron chi connectivity index (χ3n) is 2.80. The van der Waals surface area contributed by atoms with Crippen LogP contribution in [0.5, 0.6) is 0 Å². The fourth-order valence-corrected chi connectivity index (χ4v) is 2.16. The molecule has 0 spiro atoms. The van der Waals surface area contributed by atoms with Crippen LogP contribution in [-0.2, 0) is 4.74 Å². The van der Waals surface area contributed by atoms with Crippen LogP contribution in [0.4, 0.5) is 21.5 Å². The molecule has 2 rings (SSSR count). The zero-order valence-corrected chi connectivity index (χ0v) is 12.9. The van der Waals surface area contributed by atoms with Gasteiger partial charge in [0.05, 0.1) is 29.2 Å². The quantitative estimate of drug-likeness (QED) is 0.642. The van der Waals surface area contributed by atoms with E-state index in [4.69, 9.17) is 10.5 Å². The molecule has 3 N–H and O–H groups in total. The molecule has 0 unspecified atom stereocenters. The lowest BCUT2D eigenvalue weighted by atomic mass is 10.1. The van der Waals surface area contributed by atoms with Crippen molar-refractivity contribution in [2.75, 3.05) is 17.7 Å². The molecule has 0 aromatic heterocycles. The van der Waals surface area contributed by atoms with Gasteiger partial charge in [0, 0.05) is 4.47 Å². The van der Waals surface area contributed by atoms with Gasteiger partial charge in [-0.05, 0) is 37.3 Å². The van der Waals surface area contributed by atoms with E-state index >= 15 is 0 Å². The van der Waals surface area contributed by atoms with Crippen molar-refractivity contribution < 1.29 is 13.9 Å². The van der Waals surface area contributed by atoms with Gasteiger partial charge in [-0.2, -0.15) is 0 Å². The van der Waals surface area contributed by atoms with E-state index in [9.17, 15) is 9.18 Å². The lowest BCUT2D eigenvalue weighted by molar-refractivity contribution is 0.0527. The van der Waals surface area contributed by atoms with Crippen LogP contribution in [0.3, 0.4) is 0 Å². The Hall–Kier alpha value is -2.08. The maximum Gasteiger partial charge on any atom is 0.340 e. The van der Waals surface area contributed by atoms with Gasteiger partial charge in [0.1, 0.15) is 5.82 Å². The minimum atomic E-state index is -0.506. The minimum Gasteiger partial charge on any atom is -0.462 e. The summed E-state index contributed by atoms with van der Waals surface area (Å²) < 4.78 is 19.4. The second-order valence-electron chi connectivity index (χ2n) is 4.24. The van der Waals surface area contributed by atoms with Crippen LogP contribution in [0, 0.1) is 5.82 Å². The summed E-state index contributed by atoms with van der Waals surface area (Å²) in [7, 11) is 0.